The average Bonchev–Trinajstić information content (AvgIpc) is 2.55. The Morgan fingerprint density at radius 3 is 2.59 bits per heavy atom. The number of nitriles is 1. The summed E-state index contributed by atoms with van der Waals surface area (Å²) in [6, 6.07) is 3.63. The fourth-order valence-corrected chi connectivity index (χ4v) is 5.07. The van der Waals surface area contributed by atoms with Crippen LogP contribution in [0, 0.1) is 34.9 Å². The van der Waals surface area contributed by atoms with Crippen molar-refractivity contribution in [1.82, 2.24) is 0 Å². The van der Waals surface area contributed by atoms with Gasteiger partial charge in [-0.25, -0.2) is 4.39 Å². The van der Waals surface area contributed by atoms with Crippen LogP contribution in [0.15, 0.2) is 6.07 Å². The molecule has 118 valence electrons. The third kappa shape index (κ3) is 2.93. The molecule has 2 unspecified atom stereocenters. The zero-order chi connectivity index (χ0) is 15.7. The van der Waals surface area contributed by atoms with Crippen molar-refractivity contribution in [2.45, 2.75) is 58.3 Å². The predicted octanol–water partition coefficient (Wildman–Crippen LogP) is 4.52. The molecule has 0 amide bonds. The van der Waals surface area contributed by atoms with E-state index < -0.39 is 0 Å². The van der Waals surface area contributed by atoms with Gasteiger partial charge in [-0.3, -0.25) is 0 Å². The first kappa shape index (κ1) is 15.9. The van der Waals surface area contributed by atoms with Crippen molar-refractivity contribution in [3.05, 3.63) is 28.6 Å². The van der Waals surface area contributed by atoms with E-state index in [2.05, 4.69) is 16.2 Å². The molecular weight excluding hydrogens is 292 g/mol. The Hall–Kier alpha value is -0.930. The van der Waals surface area contributed by atoms with E-state index in [1.165, 1.54) is 44.1 Å². The van der Waals surface area contributed by atoms with E-state index in [9.17, 15) is 4.39 Å². The second-order valence-corrected chi connectivity index (χ2v) is 7.67. The molecule has 0 heterocycles. The Labute approximate surface area is 135 Å². The van der Waals surface area contributed by atoms with Gasteiger partial charge < -0.3 is 0 Å². The maximum Gasteiger partial charge on any atom is 0.141 e. The lowest BCUT2D eigenvalue weighted by Crippen LogP contribution is -2.28. The third-order valence-electron chi connectivity index (χ3n) is 6.02. The Kier molecular flexibility index (Phi) is 4.84. The molecule has 2 aliphatic rings. The van der Waals surface area contributed by atoms with Gasteiger partial charge in [0.15, 0.2) is 0 Å². The number of rotatable bonds is 2. The molecule has 0 aliphatic heterocycles. The highest BCUT2D eigenvalue weighted by molar-refractivity contribution is 7.27. The monoisotopic (exact) mass is 317 g/mol. The standard InChI is InChI=1S/C19H25FNP/c1-2-12-3-5-13(6-4-12)14-7-8-16-15(9-14)10-18(20)17(11-21)19(16)22/h10,12-14H,2-9,22H2,1H3. The molecule has 0 N–H and O–H groups in total. The second kappa shape index (κ2) is 6.67. The SMILES string of the molecule is CCC1CCC(C2CCc3c(cc(F)c(C#N)c3P)C2)CC1. The number of nitrogens with zero attached hydrogens (tertiary/aromatic N) is 1. The molecule has 0 saturated heterocycles. The van der Waals surface area contributed by atoms with Gasteiger partial charge in [0.25, 0.3) is 0 Å². The summed E-state index contributed by atoms with van der Waals surface area (Å²) in [6.45, 7) is 2.30. The van der Waals surface area contributed by atoms with Crippen molar-refractivity contribution in [3.63, 3.8) is 0 Å². The minimum absolute atomic E-state index is 0.214. The molecule has 3 rings (SSSR count). The van der Waals surface area contributed by atoms with Crippen molar-refractivity contribution in [1.29, 1.82) is 5.26 Å². The van der Waals surface area contributed by atoms with E-state index in [4.69, 9.17) is 5.26 Å². The summed E-state index contributed by atoms with van der Waals surface area (Å²) in [4.78, 5) is 0. The predicted molar refractivity (Wildman–Crippen MR) is 91.7 cm³/mol. The van der Waals surface area contributed by atoms with E-state index in [0.717, 1.165) is 35.5 Å². The quantitative estimate of drug-likeness (QED) is 0.736. The minimum Gasteiger partial charge on any atom is -0.206 e. The van der Waals surface area contributed by atoms with Crippen LogP contribution in [0.4, 0.5) is 4.39 Å². The van der Waals surface area contributed by atoms with Gasteiger partial charge >= 0.3 is 0 Å². The molecule has 0 bridgehead atoms. The van der Waals surface area contributed by atoms with Gasteiger partial charge in [0.2, 0.25) is 0 Å². The number of hydrogen-bond acceptors (Lipinski definition) is 1. The maximum atomic E-state index is 14.1. The Morgan fingerprint density at radius 1 is 1.23 bits per heavy atom. The molecule has 1 fully saturated rings. The molecule has 0 spiro atoms. The number of halogens is 1. The van der Waals surface area contributed by atoms with Crippen LogP contribution in [0.3, 0.4) is 0 Å². The van der Waals surface area contributed by atoms with Crippen LogP contribution in [-0.4, -0.2) is 0 Å². The molecule has 1 nitrogen and oxygen atoms in total. The van der Waals surface area contributed by atoms with Crippen LogP contribution >= 0.6 is 9.24 Å². The van der Waals surface area contributed by atoms with Gasteiger partial charge in [-0.15, -0.1) is 9.24 Å². The number of benzene rings is 1. The van der Waals surface area contributed by atoms with Crippen molar-refractivity contribution < 1.29 is 4.39 Å². The number of hydrogen-bond donors (Lipinski definition) is 0. The van der Waals surface area contributed by atoms with E-state index in [-0.39, 0.29) is 11.4 Å². The minimum atomic E-state index is -0.346. The average molecular weight is 317 g/mol. The van der Waals surface area contributed by atoms with Crippen LogP contribution in [0.2, 0.25) is 0 Å². The summed E-state index contributed by atoms with van der Waals surface area (Å²) >= 11 is 0. The zero-order valence-corrected chi connectivity index (χ0v) is 14.5. The summed E-state index contributed by atoms with van der Waals surface area (Å²) in [6.07, 6.45) is 9.98. The number of fused-ring (bicyclic) bond motifs is 1. The Balaban J connectivity index is 1.76. The first-order valence-corrected chi connectivity index (χ1v) is 9.21. The highest BCUT2D eigenvalue weighted by atomic mass is 31.0. The van der Waals surface area contributed by atoms with E-state index in [1.54, 1.807) is 6.07 Å². The van der Waals surface area contributed by atoms with Gasteiger partial charge in [0, 0.05) is 0 Å². The van der Waals surface area contributed by atoms with Gasteiger partial charge in [0.1, 0.15) is 11.9 Å². The first-order chi connectivity index (χ1) is 10.6. The summed E-state index contributed by atoms with van der Waals surface area (Å²) in [5.41, 5.74) is 2.57. The van der Waals surface area contributed by atoms with E-state index in [1.807, 2.05) is 6.07 Å². The van der Waals surface area contributed by atoms with Gasteiger partial charge in [-0.2, -0.15) is 5.26 Å². The topological polar surface area (TPSA) is 23.8 Å². The molecule has 1 saturated carbocycles. The van der Waals surface area contributed by atoms with Crippen molar-refractivity contribution in [3.8, 4) is 6.07 Å². The fourth-order valence-electron chi connectivity index (χ4n) is 4.54. The molecular formula is C19H25FNP. The van der Waals surface area contributed by atoms with Crippen LogP contribution < -0.4 is 5.30 Å². The summed E-state index contributed by atoms with van der Waals surface area (Å²) < 4.78 is 14.1. The van der Waals surface area contributed by atoms with Crippen LogP contribution in [-0.2, 0) is 12.8 Å². The molecule has 0 aromatic heterocycles. The lowest BCUT2D eigenvalue weighted by atomic mass is 9.69. The summed E-state index contributed by atoms with van der Waals surface area (Å²) in [5.74, 6) is 2.12. The first-order valence-electron chi connectivity index (χ1n) is 8.63. The normalized spacial score (nSPS) is 28.0. The highest BCUT2D eigenvalue weighted by Crippen LogP contribution is 2.40. The highest BCUT2D eigenvalue weighted by Gasteiger charge is 2.31. The van der Waals surface area contributed by atoms with E-state index in [0.29, 0.717) is 5.92 Å². The Bertz CT molecular complexity index is 596. The summed E-state index contributed by atoms with van der Waals surface area (Å²) in [7, 11) is 2.59. The second-order valence-electron chi connectivity index (χ2n) is 7.09. The van der Waals surface area contributed by atoms with E-state index >= 15 is 0 Å². The van der Waals surface area contributed by atoms with Crippen LogP contribution in [0.5, 0.6) is 0 Å². The lowest BCUT2D eigenvalue weighted by Gasteiger charge is -2.36. The van der Waals surface area contributed by atoms with Gasteiger partial charge in [-0.05, 0) is 72.4 Å². The molecule has 2 atom stereocenters. The molecule has 3 heteroatoms. The van der Waals surface area contributed by atoms with Gasteiger partial charge in [-0.1, -0.05) is 26.2 Å². The summed E-state index contributed by atoms with van der Waals surface area (Å²) in [5, 5.41) is 9.90. The maximum absolute atomic E-state index is 14.1. The molecule has 1 aromatic carbocycles. The smallest absolute Gasteiger partial charge is 0.141 e. The van der Waals surface area contributed by atoms with Crippen molar-refractivity contribution >= 4 is 14.5 Å². The molecule has 1 aromatic rings. The molecule has 0 radical (unpaired) electrons. The molecule has 2 aliphatic carbocycles. The lowest BCUT2D eigenvalue weighted by molar-refractivity contribution is 0.187. The van der Waals surface area contributed by atoms with Crippen LogP contribution in [0.1, 0.15) is 62.1 Å². The zero-order valence-electron chi connectivity index (χ0n) is 13.4. The fraction of sp³-hybridized carbons (Fsp3) is 0.632. The van der Waals surface area contributed by atoms with Crippen molar-refractivity contribution in [2.75, 3.05) is 0 Å². The molecule has 22 heavy (non-hydrogen) atoms. The largest absolute Gasteiger partial charge is 0.206 e. The third-order valence-corrected chi connectivity index (χ3v) is 6.65. The Morgan fingerprint density at radius 2 is 1.95 bits per heavy atom. The van der Waals surface area contributed by atoms with Crippen LogP contribution in [0.25, 0.3) is 0 Å². The van der Waals surface area contributed by atoms with Crippen molar-refractivity contribution in [2.24, 2.45) is 17.8 Å². The van der Waals surface area contributed by atoms with Gasteiger partial charge in [0.05, 0.1) is 5.56 Å².